The zero-order valence-corrected chi connectivity index (χ0v) is 9.32. The Hall–Kier alpha value is -0.640. The van der Waals surface area contributed by atoms with Crippen LogP contribution in [0.4, 0.5) is 0 Å². The molecule has 14 heavy (non-hydrogen) atoms. The Kier molecular flexibility index (Phi) is 7.38. The summed E-state index contributed by atoms with van der Waals surface area (Å²) in [4.78, 5) is 11.0. The highest BCUT2D eigenvalue weighted by Crippen LogP contribution is 2.25. The molecule has 0 saturated heterocycles. The van der Waals surface area contributed by atoms with E-state index in [2.05, 4.69) is 15.8 Å². The van der Waals surface area contributed by atoms with Crippen molar-refractivity contribution in [3.8, 4) is 0 Å². The van der Waals surface area contributed by atoms with Gasteiger partial charge >= 0.3 is 14.2 Å². The topological polar surface area (TPSA) is 61.8 Å². The predicted octanol–water partition coefficient (Wildman–Crippen LogP) is 1.55. The normalized spacial score (nSPS) is 14.4. The maximum atomic E-state index is 11.0. The van der Waals surface area contributed by atoms with Gasteiger partial charge in [0.05, 0.1) is 13.2 Å². The number of rotatable bonds is 7. The number of carbonyl (C=O) groups is 1. The molecule has 0 bridgehead atoms. The summed E-state index contributed by atoms with van der Waals surface area (Å²) >= 11 is 0. The van der Waals surface area contributed by atoms with Gasteiger partial charge in [0, 0.05) is 0 Å². The Labute approximate surface area is 84.0 Å². The van der Waals surface area contributed by atoms with E-state index < -0.39 is 20.3 Å². The first kappa shape index (κ1) is 13.4. The van der Waals surface area contributed by atoms with Crippen LogP contribution in [-0.2, 0) is 23.1 Å². The number of hydrogen-bond acceptors (Lipinski definition) is 5. The highest BCUT2D eigenvalue weighted by molar-refractivity contribution is 7.33. The lowest BCUT2D eigenvalue weighted by atomic mass is 10.4. The maximum absolute atomic E-state index is 11.0. The number of ether oxygens (including phenoxy) is 1. The Morgan fingerprint density at radius 1 is 1.64 bits per heavy atom. The molecule has 0 radical (unpaired) electrons. The van der Waals surface area contributed by atoms with Crippen molar-refractivity contribution in [2.75, 3.05) is 13.2 Å². The summed E-state index contributed by atoms with van der Waals surface area (Å²) in [5.74, 6) is -0.548. The van der Waals surface area contributed by atoms with Crippen LogP contribution >= 0.6 is 8.25 Å². The van der Waals surface area contributed by atoms with Crippen LogP contribution in [0.15, 0.2) is 12.7 Å². The lowest BCUT2D eigenvalue weighted by Gasteiger charge is -2.10. The van der Waals surface area contributed by atoms with Gasteiger partial charge in [-0.05, 0) is 13.8 Å². The Morgan fingerprint density at radius 3 is 2.79 bits per heavy atom. The lowest BCUT2D eigenvalue weighted by Crippen LogP contribution is -2.21. The van der Waals surface area contributed by atoms with Gasteiger partial charge in [-0.2, -0.15) is 0 Å². The van der Waals surface area contributed by atoms with Crippen LogP contribution in [-0.4, -0.2) is 25.3 Å². The van der Waals surface area contributed by atoms with Crippen LogP contribution in [0, 0.1) is 0 Å². The molecule has 2 unspecified atom stereocenters. The number of esters is 1. The summed E-state index contributed by atoms with van der Waals surface area (Å²) in [6.07, 6.45) is 0.576. The van der Waals surface area contributed by atoms with E-state index in [-0.39, 0.29) is 13.2 Å². The van der Waals surface area contributed by atoms with E-state index in [1.165, 1.54) is 13.0 Å². The summed E-state index contributed by atoms with van der Waals surface area (Å²) in [7, 11) is -2.64. The molecule has 0 aliphatic rings. The Morgan fingerprint density at radius 2 is 2.29 bits per heavy atom. The first-order valence-corrected chi connectivity index (χ1v) is 5.45. The Balaban J connectivity index is 3.80. The van der Waals surface area contributed by atoms with Crippen molar-refractivity contribution in [3.05, 3.63) is 12.7 Å². The van der Waals surface area contributed by atoms with Crippen molar-refractivity contribution >= 4 is 14.2 Å². The zero-order chi connectivity index (χ0) is 11.0. The third kappa shape index (κ3) is 5.91. The molecule has 0 N–H and O–H groups in total. The molecule has 2 atom stereocenters. The Bertz CT molecular complexity index is 216. The average molecular weight is 222 g/mol. The van der Waals surface area contributed by atoms with Gasteiger partial charge < -0.3 is 9.26 Å². The van der Waals surface area contributed by atoms with Crippen LogP contribution in [0.1, 0.15) is 13.8 Å². The second kappa shape index (κ2) is 7.74. The van der Waals surface area contributed by atoms with Gasteiger partial charge in [0.2, 0.25) is 0 Å². The van der Waals surface area contributed by atoms with Gasteiger partial charge in [-0.3, -0.25) is 9.09 Å². The largest absolute Gasteiger partial charge is 0.464 e. The van der Waals surface area contributed by atoms with Crippen molar-refractivity contribution < 1.29 is 23.1 Å². The predicted molar refractivity (Wildman–Crippen MR) is 52.3 cm³/mol. The first-order chi connectivity index (χ1) is 6.61. The van der Waals surface area contributed by atoms with Crippen LogP contribution in [0.25, 0.3) is 0 Å². The van der Waals surface area contributed by atoms with E-state index >= 15 is 0 Å². The van der Waals surface area contributed by atoms with E-state index in [0.29, 0.717) is 0 Å². The molecule has 0 aromatic rings. The minimum Gasteiger partial charge on any atom is -0.464 e. The minimum absolute atomic E-state index is 0.132. The molecule has 82 valence electrons. The second-order valence-corrected chi connectivity index (χ2v) is 3.39. The SMILES string of the molecule is C=CCO[PH](=O)OC(C)C(=O)OCC. The van der Waals surface area contributed by atoms with Gasteiger partial charge in [0.25, 0.3) is 0 Å². The molecule has 5 nitrogen and oxygen atoms in total. The molecule has 0 rings (SSSR count). The third-order valence-electron chi connectivity index (χ3n) is 1.21. The molecule has 0 aromatic heterocycles. The highest BCUT2D eigenvalue weighted by atomic mass is 31.1. The summed E-state index contributed by atoms with van der Waals surface area (Å²) in [5.41, 5.74) is 0. The van der Waals surface area contributed by atoms with Crippen molar-refractivity contribution in [3.63, 3.8) is 0 Å². The molecular formula is C8H15O5P. The molecule has 0 aromatic carbocycles. The standard InChI is InChI=1S/C8H15O5P/c1-4-6-12-14(10)13-7(3)8(9)11-5-2/h4,7,14H,1,5-6H2,2-3H3. The second-order valence-electron chi connectivity index (χ2n) is 2.36. The zero-order valence-electron chi connectivity index (χ0n) is 8.32. The van der Waals surface area contributed by atoms with Crippen molar-refractivity contribution in [1.82, 2.24) is 0 Å². The van der Waals surface area contributed by atoms with Gasteiger partial charge in [0.1, 0.15) is 0 Å². The molecule has 0 saturated carbocycles. The molecule has 0 aliphatic carbocycles. The van der Waals surface area contributed by atoms with Crippen molar-refractivity contribution in [2.24, 2.45) is 0 Å². The fourth-order valence-electron chi connectivity index (χ4n) is 0.613. The van der Waals surface area contributed by atoms with Gasteiger partial charge in [-0.15, -0.1) is 6.58 Å². The van der Waals surface area contributed by atoms with Crippen LogP contribution < -0.4 is 0 Å². The maximum Gasteiger partial charge on any atom is 0.335 e. The van der Waals surface area contributed by atoms with Crippen LogP contribution in [0.3, 0.4) is 0 Å². The molecule has 0 fully saturated rings. The average Bonchev–Trinajstić information content (AvgIpc) is 2.15. The van der Waals surface area contributed by atoms with Crippen molar-refractivity contribution in [2.45, 2.75) is 20.0 Å². The molecule has 0 heterocycles. The van der Waals surface area contributed by atoms with Gasteiger partial charge in [-0.25, -0.2) is 4.79 Å². The summed E-state index contributed by atoms with van der Waals surface area (Å²) in [6.45, 7) is 6.92. The van der Waals surface area contributed by atoms with E-state index in [9.17, 15) is 9.36 Å². The van der Waals surface area contributed by atoms with Crippen molar-refractivity contribution in [1.29, 1.82) is 0 Å². The number of hydrogen-bond donors (Lipinski definition) is 0. The number of carbonyl (C=O) groups excluding carboxylic acids is 1. The summed E-state index contributed by atoms with van der Waals surface area (Å²) < 4.78 is 25.1. The molecule has 0 spiro atoms. The highest BCUT2D eigenvalue weighted by Gasteiger charge is 2.17. The minimum atomic E-state index is -2.64. The lowest BCUT2D eigenvalue weighted by molar-refractivity contribution is -0.150. The quantitative estimate of drug-likeness (QED) is 0.371. The molecule has 6 heteroatoms. The summed E-state index contributed by atoms with van der Waals surface area (Å²) in [5, 5.41) is 0. The van der Waals surface area contributed by atoms with Gasteiger partial charge in [-0.1, -0.05) is 6.08 Å². The fraction of sp³-hybridized carbons (Fsp3) is 0.625. The third-order valence-corrected chi connectivity index (χ3v) is 2.16. The molecule has 0 amide bonds. The van der Waals surface area contributed by atoms with Crippen LogP contribution in [0.2, 0.25) is 0 Å². The first-order valence-electron chi connectivity index (χ1n) is 4.22. The molecular weight excluding hydrogens is 207 g/mol. The van der Waals surface area contributed by atoms with E-state index in [4.69, 9.17) is 4.52 Å². The van der Waals surface area contributed by atoms with E-state index in [0.717, 1.165) is 0 Å². The van der Waals surface area contributed by atoms with E-state index in [1.807, 2.05) is 0 Å². The van der Waals surface area contributed by atoms with Gasteiger partial charge in [0.15, 0.2) is 6.10 Å². The fourth-order valence-corrected chi connectivity index (χ4v) is 1.32. The summed E-state index contributed by atoms with van der Waals surface area (Å²) in [6, 6.07) is 0. The van der Waals surface area contributed by atoms with Crippen LogP contribution in [0.5, 0.6) is 0 Å². The monoisotopic (exact) mass is 222 g/mol. The molecule has 0 aliphatic heterocycles. The smallest absolute Gasteiger partial charge is 0.335 e. The van der Waals surface area contributed by atoms with E-state index in [1.54, 1.807) is 6.92 Å².